The molecule has 3 rings (SSSR count). The predicted molar refractivity (Wildman–Crippen MR) is 75.9 cm³/mol. The minimum absolute atomic E-state index is 0.729. The van der Waals surface area contributed by atoms with Crippen molar-refractivity contribution in [2.45, 2.75) is 44.7 Å². The van der Waals surface area contributed by atoms with E-state index >= 15 is 0 Å². The molecule has 2 aliphatic rings. The number of nitrogens with zero attached hydrogens (tertiary/aromatic N) is 1. The van der Waals surface area contributed by atoms with Crippen molar-refractivity contribution in [2.75, 3.05) is 19.6 Å². The average Bonchev–Trinajstić information content (AvgIpc) is 2.87. The summed E-state index contributed by atoms with van der Waals surface area (Å²) in [6, 6.07) is 10.5. The summed E-state index contributed by atoms with van der Waals surface area (Å²) >= 11 is 0. The number of hydrogen-bond donors (Lipinski definition) is 1. The van der Waals surface area contributed by atoms with Gasteiger partial charge in [-0.05, 0) is 43.4 Å². The minimum atomic E-state index is 0.729. The van der Waals surface area contributed by atoms with Gasteiger partial charge in [-0.1, -0.05) is 31.2 Å². The number of benzene rings is 1. The molecule has 1 saturated heterocycles. The van der Waals surface area contributed by atoms with Crippen LogP contribution >= 0.6 is 0 Å². The van der Waals surface area contributed by atoms with E-state index in [1.807, 2.05) is 0 Å². The fraction of sp³-hybridized carbons (Fsp3) is 0.625. The summed E-state index contributed by atoms with van der Waals surface area (Å²) in [5.41, 5.74) is 3.16. The van der Waals surface area contributed by atoms with Gasteiger partial charge in [-0.25, -0.2) is 0 Å². The number of fused-ring (bicyclic) bond motifs is 1. The number of aryl methyl sites for hydroxylation is 1. The molecule has 18 heavy (non-hydrogen) atoms. The second-order valence-electron chi connectivity index (χ2n) is 5.70. The fourth-order valence-electron chi connectivity index (χ4n) is 3.56. The number of likely N-dealkylation sites (tertiary alicyclic amines) is 1. The van der Waals surface area contributed by atoms with Crippen LogP contribution in [0.2, 0.25) is 0 Å². The zero-order valence-corrected chi connectivity index (χ0v) is 11.4. The average molecular weight is 244 g/mol. The maximum atomic E-state index is 3.59. The van der Waals surface area contributed by atoms with Crippen molar-refractivity contribution in [3.63, 3.8) is 0 Å². The van der Waals surface area contributed by atoms with Crippen LogP contribution in [0, 0.1) is 0 Å². The van der Waals surface area contributed by atoms with Crippen LogP contribution in [0.15, 0.2) is 24.3 Å². The molecule has 0 aromatic heterocycles. The van der Waals surface area contributed by atoms with Crippen molar-refractivity contribution in [2.24, 2.45) is 0 Å². The Kier molecular flexibility index (Phi) is 3.67. The lowest BCUT2D eigenvalue weighted by Gasteiger charge is -2.32. The Hall–Kier alpha value is -0.860. The first kappa shape index (κ1) is 12.2. The molecule has 0 bridgehead atoms. The molecule has 1 aliphatic heterocycles. The van der Waals surface area contributed by atoms with Crippen molar-refractivity contribution in [3.8, 4) is 0 Å². The van der Waals surface area contributed by atoms with Crippen molar-refractivity contribution in [1.82, 2.24) is 10.2 Å². The number of hydrogen-bond acceptors (Lipinski definition) is 2. The summed E-state index contributed by atoms with van der Waals surface area (Å²) in [7, 11) is 0. The van der Waals surface area contributed by atoms with Crippen molar-refractivity contribution in [1.29, 1.82) is 0 Å². The highest BCUT2D eigenvalue weighted by atomic mass is 15.2. The molecule has 1 heterocycles. The van der Waals surface area contributed by atoms with Gasteiger partial charge in [0.25, 0.3) is 0 Å². The summed E-state index contributed by atoms with van der Waals surface area (Å²) in [5, 5.41) is 3.59. The molecule has 1 N–H and O–H groups in total. The quantitative estimate of drug-likeness (QED) is 0.877. The number of rotatable bonds is 3. The van der Waals surface area contributed by atoms with Crippen LogP contribution in [0.4, 0.5) is 0 Å². The monoisotopic (exact) mass is 244 g/mol. The van der Waals surface area contributed by atoms with Gasteiger partial charge in [-0.3, -0.25) is 4.90 Å². The van der Waals surface area contributed by atoms with Crippen molar-refractivity contribution in [3.05, 3.63) is 35.4 Å². The van der Waals surface area contributed by atoms with E-state index in [2.05, 4.69) is 41.4 Å². The van der Waals surface area contributed by atoms with Gasteiger partial charge < -0.3 is 5.32 Å². The normalized spacial score (nSPS) is 28.3. The highest BCUT2D eigenvalue weighted by Gasteiger charge is 2.29. The molecule has 0 spiro atoms. The summed E-state index contributed by atoms with van der Waals surface area (Å²) in [5.74, 6) is 0. The molecule has 2 atom stereocenters. The van der Waals surface area contributed by atoms with Crippen LogP contribution in [0.25, 0.3) is 0 Å². The Morgan fingerprint density at radius 2 is 2.06 bits per heavy atom. The van der Waals surface area contributed by atoms with E-state index in [-0.39, 0.29) is 0 Å². The Morgan fingerprint density at radius 1 is 1.22 bits per heavy atom. The first-order chi connectivity index (χ1) is 8.86. The molecular weight excluding hydrogens is 220 g/mol. The Labute approximate surface area is 110 Å². The van der Waals surface area contributed by atoms with Crippen molar-refractivity contribution >= 4 is 0 Å². The number of likely N-dealkylation sites (N-methyl/N-ethyl adjacent to an activating group) is 1. The molecule has 1 aromatic rings. The van der Waals surface area contributed by atoms with Crippen molar-refractivity contribution < 1.29 is 0 Å². The van der Waals surface area contributed by atoms with Gasteiger partial charge >= 0.3 is 0 Å². The molecular formula is C16H24N2. The van der Waals surface area contributed by atoms with E-state index in [4.69, 9.17) is 0 Å². The van der Waals surface area contributed by atoms with E-state index in [1.54, 1.807) is 11.1 Å². The molecule has 1 aliphatic carbocycles. The van der Waals surface area contributed by atoms with Crippen LogP contribution in [0.1, 0.15) is 30.9 Å². The molecule has 2 nitrogen and oxygen atoms in total. The maximum absolute atomic E-state index is 3.59. The molecule has 2 unspecified atom stereocenters. The third-order valence-corrected chi connectivity index (χ3v) is 4.55. The summed E-state index contributed by atoms with van der Waals surface area (Å²) in [4.78, 5) is 2.71. The van der Waals surface area contributed by atoms with Crippen LogP contribution in [-0.4, -0.2) is 36.6 Å². The number of nitrogens with one attached hydrogen (secondary N) is 1. The largest absolute Gasteiger partial charge is 0.313 e. The van der Waals surface area contributed by atoms with Crippen LogP contribution in [-0.2, 0) is 12.8 Å². The molecule has 1 fully saturated rings. The molecule has 0 saturated carbocycles. The lowest BCUT2D eigenvalue weighted by atomic mass is 9.88. The highest BCUT2D eigenvalue weighted by Crippen LogP contribution is 2.26. The zero-order valence-electron chi connectivity index (χ0n) is 11.4. The third-order valence-electron chi connectivity index (χ3n) is 4.55. The van der Waals surface area contributed by atoms with Gasteiger partial charge in [0.05, 0.1) is 0 Å². The summed E-state index contributed by atoms with van der Waals surface area (Å²) in [6.45, 7) is 5.84. The molecule has 2 heteroatoms. The topological polar surface area (TPSA) is 15.3 Å². The second kappa shape index (κ2) is 5.41. The smallest absolute Gasteiger partial charge is 0.0207 e. The highest BCUT2D eigenvalue weighted by molar-refractivity contribution is 5.30. The van der Waals surface area contributed by atoms with Gasteiger partial charge in [0, 0.05) is 25.2 Å². The Balaban J connectivity index is 1.63. The SMILES string of the molecule is CCNC1CCN(C2CCc3ccccc3C2)C1. The Morgan fingerprint density at radius 3 is 2.89 bits per heavy atom. The fourth-order valence-corrected chi connectivity index (χ4v) is 3.56. The molecule has 0 amide bonds. The van der Waals surface area contributed by atoms with Gasteiger partial charge in [0.2, 0.25) is 0 Å². The lowest BCUT2D eigenvalue weighted by molar-refractivity contribution is 0.217. The maximum Gasteiger partial charge on any atom is 0.0207 e. The predicted octanol–water partition coefficient (Wildman–Crippen LogP) is 2.23. The first-order valence-corrected chi connectivity index (χ1v) is 7.41. The lowest BCUT2D eigenvalue weighted by Crippen LogP contribution is -2.40. The van der Waals surface area contributed by atoms with E-state index < -0.39 is 0 Å². The molecule has 98 valence electrons. The van der Waals surface area contributed by atoms with Crippen LogP contribution < -0.4 is 5.32 Å². The van der Waals surface area contributed by atoms with Gasteiger partial charge in [-0.2, -0.15) is 0 Å². The van der Waals surface area contributed by atoms with Crippen LogP contribution in [0.3, 0.4) is 0 Å². The van der Waals surface area contributed by atoms with E-state index in [0.29, 0.717) is 0 Å². The zero-order chi connectivity index (χ0) is 12.4. The van der Waals surface area contributed by atoms with Gasteiger partial charge in [0.1, 0.15) is 0 Å². The van der Waals surface area contributed by atoms with Gasteiger partial charge in [-0.15, -0.1) is 0 Å². The van der Waals surface area contributed by atoms with E-state index in [1.165, 1.54) is 38.8 Å². The van der Waals surface area contributed by atoms with E-state index in [0.717, 1.165) is 18.6 Å². The third kappa shape index (κ3) is 2.45. The van der Waals surface area contributed by atoms with Gasteiger partial charge in [0.15, 0.2) is 0 Å². The van der Waals surface area contributed by atoms with Crippen LogP contribution in [0.5, 0.6) is 0 Å². The molecule has 0 radical (unpaired) electrons. The second-order valence-corrected chi connectivity index (χ2v) is 5.70. The molecule has 1 aromatic carbocycles. The Bertz CT molecular complexity index is 402. The van der Waals surface area contributed by atoms with E-state index in [9.17, 15) is 0 Å². The summed E-state index contributed by atoms with van der Waals surface area (Å²) < 4.78 is 0. The first-order valence-electron chi connectivity index (χ1n) is 7.41. The standard InChI is InChI=1S/C16H24N2/c1-2-17-15-9-10-18(12-15)16-8-7-13-5-3-4-6-14(13)11-16/h3-6,15-17H,2,7-12H2,1H3. The minimum Gasteiger partial charge on any atom is -0.313 e. The summed E-state index contributed by atoms with van der Waals surface area (Å²) in [6.07, 6.45) is 5.19.